The Balaban J connectivity index is 2.03. The number of rotatable bonds is 2. The zero-order valence-corrected chi connectivity index (χ0v) is 9.98. The maximum atomic E-state index is 11.8. The van der Waals surface area contributed by atoms with Crippen LogP contribution in [0.25, 0.3) is 0 Å². The number of H-pyrrole nitrogens is 1. The normalized spacial score (nSPS) is 37.5. The van der Waals surface area contributed by atoms with Gasteiger partial charge >= 0.3 is 5.69 Å². The molecule has 3 rings (SSSR count). The highest BCUT2D eigenvalue weighted by Gasteiger charge is 2.58. The molecule has 2 aliphatic rings. The number of aliphatic hydroxyl groups is 2. The van der Waals surface area contributed by atoms with Crippen molar-refractivity contribution in [3.63, 3.8) is 0 Å². The van der Waals surface area contributed by atoms with Crippen molar-refractivity contribution in [3.05, 3.63) is 33.1 Å². The summed E-state index contributed by atoms with van der Waals surface area (Å²) in [7, 11) is 0. The van der Waals surface area contributed by atoms with Crippen LogP contribution in [0, 0.1) is 5.92 Å². The van der Waals surface area contributed by atoms with E-state index < -0.39 is 41.7 Å². The molecule has 8 nitrogen and oxygen atoms in total. The molecule has 0 amide bonds. The molecule has 2 saturated heterocycles. The molecule has 2 aliphatic heterocycles. The van der Waals surface area contributed by atoms with Crippen molar-refractivity contribution in [3.8, 4) is 0 Å². The summed E-state index contributed by atoms with van der Waals surface area (Å²) in [5.41, 5.74) is -2.33. The number of fused-ring (bicyclic) bond motifs is 2. The largest absolute Gasteiger partial charge is 0.393 e. The van der Waals surface area contributed by atoms with Crippen molar-refractivity contribution in [1.82, 2.24) is 9.55 Å². The van der Waals surface area contributed by atoms with Crippen molar-refractivity contribution >= 4 is 0 Å². The molecule has 0 saturated carbocycles. The first kappa shape index (κ1) is 12.5. The summed E-state index contributed by atoms with van der Waals surface area (Å²) in [6, 6.07) is 1.20. The molecule has 3 N–H and O–H groups in total. The van der Waals surface area contributed by atoms with Gasteiger partial charge in [0.15, 0.2) is 0 Å². The minimum Gasteiger partial charge on any atom is -0.393 e. The molecule has 0 aromatic carbocycles. The SMILES string of the molecule is O=c1ccn([C@@H]2O[C@@]3(CO)COC[C@@H]2[C@@H]3O)c(=O)[nH]1. The molecular formula is C11H14N2O6. The first-order valence-electron chi connectivity index (χ1n) is 5.93. The van der Waals surface area contributed by atoms with Crippen molar-refractivity contribution in [2.24, 2.45) is 5.92 Å². The second-order valence-electron chi connectivity index (χ2n) is 4.87. The van der Waals surface area contributed by atoms with E-state index in [0.29, 0.717) is 0 Å². The minimum absolute atomic E-state index is 0.0652. The molecule has 2 fully saturated rings. The molecule has 3 heterocycles. The summed E-state index contributed by atoms with van der Waals surface area (Å²) in [5.74, 6) is -0.468. The van der Waals surface area contributed by atoms with Crippen molar-refractivity contribution in [2.75, 3.05) is 19.8 Å². The molecule has 104 valence electrons. The summed E-state index contributed by atoms with van der Waals surface area (Å²) in [4.78, 5) is 24.9. The van der Waals surface area contributed by atoms with Crippen molar-refractivity contribution in [1.29, 1.82) is 0 Å². The van der Waals surface area contributed by atoms with Crippen LogP contribution in [-0.4, -0.2) is 51.3 Å². The van der Waals surface area contributed by atoms with Gasteiger partial charge in [0.1, 0.15) is 11.8 Å². The minimum atomic E-state index is -1.21. The number of ether oxygens (including phenoxy) is 2. The Morgan fingerprint density at radius 3 is 2.95 bits per heavy atom. The summed E-state index contributed by atoms with van der Waals surface area (Å²) in [6.45, 7) is -0.117. The van der Waals surface area contributed by atoms with E-state index in [1.165, 1.54) is 16.8 Å². The van der Waals surface area contributed by atoms with Gasteiger partial charge in [-0.1, -0.05) is 0 Å². The molecule has 2 bridgehead atoms. The monoisotopic (exact) mass is 270 g/mol. The second-order valence-corrected chi connectivity index (χ2v) is 4.87. The van der Waals surface area contributed by atoms with Gasteiger partial charge in [-0.05, 0) is 0 Å². The summed E-state index contributed by atoms with van der Waals surface area (Å²) in [6.07, 6.45) is -0.381. The van der Waals surface area contributed by atoms with Gasteiger partial charge in [-0.25, -0.2) is 4.79 Å². The maximum absolute atomic E-state index is 11.8. The van der Waals surface area contributed by atoms with E-state index in [0.717, 1.165) is 0 Å². The molecule has 8 heteroatoms. The van der Waals surface area contributed by atoms with Crippen LogP contribution in [-0.2, 0) is 9.47 Å². The van der Waals surface area contributed by atoms with Gasteiger partial charge in [0.25, 0.3) is 5.56 Å². The van der Waals surface area contributed by atoms with E-state index >= 15 is 0 Å². The van der Waals surface area contributed by atoms with Gasteiger partial charge < -0.3 is 19.7 Å². The van der Waals surface area contributed by atoms with Crippen LogP contribution < -0.4 is 11.2 Å². The van der Waals surface area contributed by atoms with E-state index in [4.69, 9.17) is 9.47 Å². The van der Waals surface area contributed by atoms with Gasteiger partial charge in [-0.2, -0.15) is 0 Å². The van der Waals surface area contributed by atoms with E-state index in [-0.39, 0.29) is 13.2 Å². The molecule has 0 spiro atoms. The standard InChI is InChI=1S/C11H14N2O6/c14-4-11-5-18-3-6(8(11)16)9(19-11)13-2-1-7(15)12-10(13)17/h1-2,6,8-9,14,16H,3-5H2,(H,12,15,17)/t6-,8+,9-,11+/m1/s1. The molecule has 4 atom stereocenters. The van der Waals surface area contributed by atoms with E-state index in [2.05, 4.69) is 4.98 Å². The number of aliphatic hydroxyl groups excluding tert-OH is 2. The molecule has 0 aliphatic carbocycles. The first-order valence-corrected chi connectivity index (χ1v) is 5.93. The van der Waals surface area contributed by atoms with Crippen LogP contribution in [0.4, 0.5) is 0 Å². The number of aromatic nitrogens is 2. The molecule has 1 aromatic heterocycles. The van der Waals surface area contributed by atoms with E-state index in [1.54, 1.807) is 0 Å². The average molecular weight is 270 g/mol. The van der Waals surface area contributed by atoms with Crippen LogP contribution in [0.5, 0.6) is 0 Å². The van der Waals surface area contributed by atoms with Gasteiger partial charge in [-0.15, -0.1) is 0 Å². The lowest BCUT2D eigenvalue weighted by Crippen LogP contribution is -2.52. The maximum Gasteiger partial charge on any atom is 0.330 e. The second kappa shape index (κ2) is 4.27. The lowest BCUT2D eigenvalue weighted by Gasteiger charge is -2.33. The van der Waals surface area contributed by atoms with Crippen LogP contribution >= 0.6 is 0 Å². The number of aromatic amines is 1. The topological polar surface area (TPSA) is 114 Å². The first-order chi connectivity index (χ1) is 9.07. The Morgan fingerprint density at radius 1 is 1.53 bits per heavy atom. The third-order valence-electron chi connectivity index (χ3n) is 3.72. The predicted octanol–water partition coefficient (Wildman–Crippen LogP) is -2.20. The van der Waals surface area contributed by atoms with Gasteiger partial charge in [0.05, 0.1) is 31.8 Å². The van der Waals surface area contributed by atoms with Crippen LogP contribution in [0.15, 0.2) is 21.9 Å². The Kier molecular flexibility index (Phi) is 2.82. The number of nitrogens with one attached hydrogen (secondary N) is 1. The van der Waals surface area contributed by atoms with Gasteiger partial charge in [0.2, 0.25) is 0 Å². The predicted molar refractivity (Wildman–Crippen MR) is 61.6 cm³/mol. The lowest BCUT2D eigenvalue weighted by molar-refractivity contribution is -0.163. The average Bonchev–Trinajstić information content (AvgIpc) is 2.56. The van der Waals surface area contributed by atoms with Gasteiger partial charge in [-0.3, -0.25) is 14.3 Å². The molecular weight excluding hydrogens is 256 g/mol. The fourth-order valence-electron chi connectivity index (χ4n) is 2.67. The number of nitrogens with zero attached hydrogens (tertiary/aromatic N) is 1. The van der Waals surface area contributed by atoms with Crippen molar-refractivity contribution < 1.29 is 19.7 Å². The summed E-state index contributed by atoms with van der Waals surface area (Å²) in [5, 5.41) is 19.6. The van der Waals surface area contributed by atoms with E-state index in [9.17, 15) is 19.8 Å². The number of hydrogen-bond donors (Lipinski definition) is 3. The highest BCUT2D eigenvalue weighted by atomic mass is 16.6. The molecule has 1 aromatic rings. The lowest BCUT2D eigenvalue weighted by atomic mass is 9.89. The number of hydrogen-bond acceptors (Lipinski definition) is 6. The smallest absolute Gasteiger partial charge is 0.330 e. The Bertz CT molecular complexity index is 595. The van der Waals surface area contributed by atoms with Crippen LogP contribution in [0.1, 0.15) is 6.23 Å². The Morgan fingerprint density at radius 2 is 2.32 bits per heavy atom. The molecule has 0 unspecified atom stereocenters. The van der Waals surface area contributed by atoms with E-state index in [1.807, 2.05) is 0 Å². The fourth-order valence-corrected chi connectivity index (χ4v) is 2.67. The summed E-state index contributed by atoms with van der Waals surface area (Å²) >= 11 is 0. The summed E-state index contributed by atoms with van der Waals surface area (Å²) < 4.78 is 12.2. The zero-order valence-electron chi connectivity index (χ0n) is 9.98. The highest BCUT2D eigenvalue weighted by molar-refractivity contribution is 5.04. The third kappa shape index (κ3) is 1.76. The molecule has 19 heavy (non-hydrogen) atoms. The Labute approximate surface area is 107 Å². The van der Waals surface area contributed by atoms with Gasteiger partial charge in [0, 0.05) is 12.3 Å². The fraction of sp³-hybridized carbons (Fsp3) is 0.636. The third-order valence-corrected chi connectivity index (χ3v) is 3.72. The molecule has 0 radical (unpaired) electrons. The quantitative estimate of drug-likeness (QED) is 0.562. The van der Waals surface area contributed by atoms with Crippen LogP contribution in [0.2, 0.25) is 0 Å². The zero-order chi connectivity index (χ0) is 13.6. The van der Waals surface area contributed by atoms with Crippen molar-refractivity contribution in [2.45, 2.75) is 17.9 Å². The highest BCUT2D eigenvalue weighted by Crippen LogP contribution is 2.44. The van der Waals surface area contributed by atoms with Crippen LogP contribution in [0.3, 0.4) is 0 Å². The Hall–Kier alpha value is -1.48.